The zero-order chi connectivity index (χ0) is 27.5. The number of piperazine rings is 1. The van der Waals surface area contributed by atoms with Crippen LogP contribution in [0.4, 0.5) is 5.82 Å². The smallest absolute Gasteiger partial charge is 0.312 e. The summed E-state index contributed by atoms with van der Waals surface area (Å²) in [5, 5.41) is 6.82. The molecule has 4 atom stereocenters. The summed E-state index contributed by atoms with van der Waals surface area (Å²) in [5.41, 5.74) is 4.25. The third kappa shape index (κ3) is 6.15. The molecule has 0 spiro atoms. The average Bonchev–Trinajstić information content (AvgIpc) is 2.94. The first-order chi connectivity index (χ1) is 18.8. The lowest BCUT2D eigenvalue weighted by molar-refractivity contribution is -0.154. The van der Waals surface area contributed by atoms with Crippen LogP contribution in [0.2, 0.25) is 0 Å². The van der Waals surface area contributed by atoms with Crippen molar-refractivity contribution in [3.05, 3.63) is 35.9 Å². The monoisotopic (exact) mass is 537 g/mol. The largest absolute Gasteiger partial charge is 0.354 e. The second kappa shape index (κ2) is 11.8. The third-order valence-corrected chi connectivity index (χ3v) is 8.03. The van der Waals surface area contributed by atoms with Crippen LogP contribution in [0, 0.1) is 5.92 Å². The van der Waals surface area contributed by atoms with Gasteiger partial charge in [-0.25, -0.2) is 10.5 Å². The number of carbonyl (C=O) groups excluding carboxylic acids is 3. The summed E-state index contributed by atoms with van der Waals surface area (Å²) < 4.78 is 0. The van der Waals surface area contributed by atoms with Crippen LogP contribution in [0.3, 0.4) is 0 Å². The van der Waals surface area contributed by atoms with Gasteiger partial charge in [0.05, 0.1) is 11.6 Å². The average molecular weight is 538 g/mol. The van der Waals surface area contributed by atoms with Gasteiger partial charge in [-0.1, -0.05) is 26.0 Å². The van der Waals surface area contributed by atoms with Gasteiger partial charge in [0.15, 0.2) is 0 Å². The number of amides is 3. The fraction of sp³-hybridized carbons (Fsp3) is 0.571. The number of likely N-dealkylation sites (N-methyl/N-ethyl adjacent to an activating group) is 1. The number of hydrogen-bond donors (Lipinski definition) is 3. The second-order valence-electron chi connectivity index (χ2n) is 11.0. The first-order valence-corrected chi connectivity index (χ1v) is 14.0. The molecule has 0 aliphatic carbocycles. The van der Waals surface area contributed by atoms with Gasteiger partial charge in [0.25, 0.3) is 0 Å². The Balaban J connectivity index is 1.30. The van der Waals surface area contributed by atoms with Crippen molar-refractivity contribution in [1.82, 2.24) is 30.9 Å². The highest BCUT2D eigenvalue weighted by molar-refractivity contribution is 6.35. The number of pyridine rings is 1. The van der Waals surface area contributed by atoms with E-state index in [2.05, 4.69) is 64.2 Å². The molecule has 5 rings (SSSR count). The number of nitrogens with one attached hydrogen (secondary N) is 3. The Morgan fingerprint density at radius 1 is 1.10 bits per heavy atom. The van der Waals surface area contributed by atoms with Crippen LogP contribution in [0.25, 0.3) is 10.9 Å². The van der Waals surface area contributed by atoms with Crippen LogP contribution in [0.15, 0.2) is 30.3 Å². The second-order valence-corrected chi connectivity index (χ2v) is 11.0. The Bertz CT molecular complexity index is 1220. The summed E-state index contributed by atoms with van der Waals surface area (Å²) in [5.74, 6) is -0.220. The predicted molar refractivity (Wildman–Crippen MR) is 148 cm³/mol. The summed E-state index contributed by atoms with van der Waals surface area (Å²) in [6.45, 7) is 8.71. The van der Waals surface area contributed by atoms with Gasteiger partial charge in [0.1, 0.15) is 18.1 Å². The molecular formula is C28H39N7O4. The number of hydrogen-bond acceptors (Lipinski definition) is 8. The van der Waals surface area contributed by atoms with Gasteiger partial charge in [0, 0.05) is 51.1 Å². The fourth-order valence-electron chi connectivity index (χ4n) is 5.40. The molecule has 0 saturated carbocycles. The first-order valence-electron chi connectivity index (χ1n) is 14.0. The topological polar surface area (TPSA) is 119 Å². The number of carbonyl (C=O) groups is 3. The van der Waals surface area contributed by atoms with Gasteiger partial charge in [-0.2, -0.15) is 0 Å². The number of anilines is 1. The number of likely N-dealkylation sites (tertiary alicyclic amines) is 1. The molecule has 3 amide bonds. The number of hydroxylamine groups is 1. The van der Waals surface area contributed by atoms with Gasteiger partial charge < -0.3 is 20.0 Å². The molecular weight excluding hydrogens is 498 g/mol. The van der Waals surface area contributed by atoms with E-state index in [1.54, 1.807) is 11.8 Å². The third-order valence-electron chi connectivity index (χ3n) is 8.03. The van der Waals surface area contributed by atoms with Gasteiger partial charge >= 0.3 is 11.8 Å². The summed E-state index contributed by atoms with van der Waals surface area (Å²) >= 11 is 0. The Labute approximate surface area is 229 Å². The highest BCUT2D eigenvalue weighted by atomic mass is 16.7. The Morgan fingerprint density at radius 2 is 1.87 bits per heavy atom. The van der Waals surface area contributed by atoms with E-state index in [4.69, 9.17) is 9.82 Å². The number of piperidine rings is 1. The van der Waals surface area contributed by atoms with Crippen LogP contribution >= 0.6 is 0 Å². The number of benzene rings is 1. The van der Waals surface area contributed by atoms with Crippen LogP contribution < -0.4 is 21.0 Å². The molecule has 1 aromatic carbocycles. The maximum Gasteiger partial charge on any atom is 0.312 e. The van der Waals surface area contributed by atoms with Crippen LogP contribution in [-0.4, -0.2) is 91.1 Å². The highest BCUT2D eigenvalue weighted by Gasteiger charge is 2.38. The lowest BCUT2D eigenvalue weighted by Gasteiger charge is -2.40. The Kier molecular flexibility index (Phi) is 8.29. The van der Waals surface area contributed by atoms with Gasteiger partial charge in [0.2, 0.25) is 5.91 Å². The molecule has 0 bridgehead atoms. The van der Waals surface area contributed by atoms with Crippen molar-refractivity contribution < 1.29 is 19.2 Å². The summed E-state index contributed by atoms with van der Waals surface area (Å²) in [4.78, 5) is 54.6. The zero-order valence-electron chi connectivity index (χ0n) is 23.0. The van der Waals surface area contributed by atoms with E-state index in [0.717, 1.165) is 61.3 Å². The van der Waals surface area contributed by atoms with E-state index >= 15 is 0 Å². The van der Waals surface area contributed by atoms with E-state index in [-0.39, 0.29) is 11.9 Å². The van der Waals surface area contributed by atoms with Gasteiger partial charge in [-0.15, -0.1) is 0 Å². The first kappa shape index (κ1) is 27.3. The molecule has 3 saturated heterocycles. The number of rotatable bonds is 6. The van der Waals surface area contributed by atoms with Crippen molar-refractivity contribution >= 4 is 34.4 Å². The molecule has 3 aliphatic rings. The van der Waals surface area contributed by atoms with Crippen molar-refractivity contribution in [2.75, 3.05) is 51.2 Å². The van der Waals surface area contributed by atoms with E-state index < -0.39 is 24.1 Å². The van der Waals surface area contributed by atoms with Crippen molar-refractivity contribution in [2.45, 2.75) is 51.4 Å². The SMILES string of the molecule is CCC(=O)NOC1CN[C@H]1NC(=O)C(=O)N1C[C@@H](C)CC[C@@H]1c1ccc2ccc(N3CCN(C)CC3)nc2c1. The summed E-state index contributed by atoms with van der Waals surface area (Å²) in [7, 11) is 2.14. The van der Waals surface area contributed by atoms with E-state index in [1.165, 1.54) is 0 Å². The number of fused-ring (bicyclic) bond motifs is 1. The molecule has 3 aliphatic heterocycles. The normalized spacial score (nSPS) is 25.7. The number of aromatic nitrogens is 1. The van der Waals surface area contributed by atoms with Gasteiger partial charge in [-0.3, -0.25) is 24.5 Å². The molecule has 1 unspecified atom stereocenters. The lowest BCUT2D eigenvalue weighted by atomic mass is 9.89. The van der Waals surface area contributed by atoms with Crippen LogP contribution in [0.5, 0.6) is 0 Å². The van der Waals surface area contributed by atoms with E-state index in [1.807, 2.05) is 6.07 Å². The molecule has 11 heteroatoms. The molecule has 2 aromatic rings. The van der Waals surface area contributed by atoms with Crippen molar-refractivity contribution in [3.8, 4) is 0 Å². The zero-order valence-corrected chi connectivity index (χ0v) is 23.0. The van der Waals surface area contributed by atoms with Crippen molar-refractivity contribution in [1.29, 1.82) is 0 Å². The molecule has 11 nitrogen and oxygen atoms in total. The number of nitrogens with zero attached hydrogens (tertiary/aromatic N) is 4. The molecule has 4 heterocycles. The predicted octanol–water partition coefficient (Wildman–Crippen LogP) is 1.16. The minimum absolute atomic E-state index is 0.205. The molecule has 3 N–H and O–H groups in total. The maximum atomic E-state index is 13.4. The maximum absolute atomic E-state index is 13.4. The van der Waals surface area contributed by atoms with Crippen molar-refractivity contribution in [3.63, 3.8) is 0 Å². The quantitative estimate of drug-likeness (QED) is 0.371. The highest BCUT2D eigenvalue weighted by Crippen LogP contribution is 2.35. The lowest BCUT2D eigenvalue weighted by Crippen LogP contribution is -2.68. The summed E-state index contributed by atoms with van der Waals surface area (Å²) in [6.07, 6.45) is 1.07. The molecule has 0 radical (unpaired) electrons. The van der Waals surface area contributed by atoms with E-state index in [9.17, 15) is 14.4 Å². The molecule has 1 aromatic heterocycles. The molecule has 39 heavy (non-hydrogen) atoms. The fourth-order valence-corrected chi connectivity index (χ4v) is 5.40. The minimum Gasteiger partial charge on any atom is -0.354 e. The Morgan fingerprint density at radius 3 is 2.59 bits per heavy atom. The Hall–Kier alpha value is -3.28. The van der Waals surface area contributed by atoms with E-state index in [0.29, 0.717) is 25.4 Å². The van der Waals surface area contributed by atoms with Gasteiger partial charge in [-0.05, 0) is 49.6 Å². The van der Waals surface area contributed by atoms with Crippen molar-refractivity contribution in [2.24, 2.45) is 5.92 Å². The molecule has 3 fully saturated rings. The molecule has 210 valence electrons. The minimum atomic E-state index is -0.682. The standard InChI is InChI=1S/C28H39N7O4/c1-4-25(36)32-39-23-16-29-26(23)31-27(37)28(38)35-17-18(2)5-9-22(35)20-7-6-19-8-10-24(30-21(19)15-20)34-13-11-33(3)12-14-34/h6-8,10,15,18,22-23,26,29H,4-5,9,11-14,16-17H2,1-3H3,(H,31,37)(H,32,36)/t18-,22+,23?,26-/m0/s1. The van der Waals surface area contributed by atoms with Crippen LogP contribution in [0.1, 0.15) is 44.7 Å². The summed E-state index contributed by atoms with van der Waals surface area (Å²) in [6, 6.07) is 10.1. The van der Waals surface area contributed by atoms with Crippen LogP contribution in [-0.2, 0) is 19.2 Å².